The standard InChI is InChI=1S/C18H26O3/c1-2-3-4-5-6-7-8-9-10-11-12-13-15-18(20)16-14-17(19)21-18/h6-7,9-10,12-14,16,20H,2-5,8,11,15H2,1H3/t18-/m0/s1. The number of aliphatic hydroxyl groups is 1. The molecule has 0 saturated heterocycles. The number of ether oxygens (including phenoxy) is 1. The molecule has 0 aromatic carbocycles. The van der Waals surface area contributed by atoms with E-state index in [-0.39, 0.29) is 0 Å². The zero-order valence-electron chi connectivity index (χ0n) is 12.8. The van der Waals surface area contributed by atoms with E-state index in [0.29, 0.717) is 6.42 Å². The lowest BCUT2D eigenvalue weighted by Crippen LogP contribution is -2.26. The van der Waals surface area contributed by atoms with Crippen molar-refractivity contribution in [2.75, 3.05) is 0 Å². The first-order valence-corrected chi connectivity index (χ1v) is 7.76. The molecule has 1 aliphatic heterocycles. The van der Waals surface area contributed by atoms with Gasteiger partial charge in [0.2, 0.25) is 5.79 Å². The van der Waals surface area contributed by atoms with Crippen molar-refractivity contribution in [3.63, 3.8) is 0 Å². The Kier molecular flexibility index (Phi) is 8.44. The maximum absolute atomic E-state index is 10.9. The van der Waals surface area contributed by atoms with Crippen LogP contribution < -0.4 is 0 Å². The summed E-state index contributed by atoms with van der Waals surface area (Å²) in [4.78, 5) is 10.9. The van der Waals surface area contributed by atoms with Gasteiger partial charge in [-0.05, 0) is 31.8 Å². The summed E-state index contributed by atoms with van der Waals surface area (Å²) < 4.78 is 4.78. The monoisotopic (exact) mass is 290 g/mol. The van der Waals surface area contributed by atoms with Crippen molar-refractivity contribution in [2.45, 2.75) is 57.7 Å². The van der Waals surface area contributed by atoms with Crippen LogP contribution in [0.3, 0.4) is 0 Å². The van der Waals surface area contributed by atoms with Crippen LogP contribution in [0.5, 0.6) is 0 Å². The van der Waals surface area contributed by atoms with E-state index in [9.17, 15) is 9.90 Å². The third-order valence-electron chi connectivity index (χ3n) is 3.19. The molecular formula is C18H26O3. The Labute approximate surface area is 127 Å². The molecule has 3 nitrogen and oxygen atoms in total. The van der Waals surface area contributed by atoms with E-state index < -0.39 is 11.8 Å². The highest BCUT2D eigenvalue weighted by atomic mass is 16.7. The smallest absolute Gasteiger partial charge is 0.333 e. The molecule has 1 rings (SSSR count). The molecule has 0 saturated carbocycles. The highest BCUT2D eigenvalue weighted by Crippen LogP contribution is 2.20. The predicted molar refractivity (Wildman–Crippen MR) is 85.6 cm³/mol. The number of carbonyl (C=O) groups is 1. The maximum atomic E-state index is 10.9. The lowest BCUT2D eigenvalue weighted by molar-refractivity contribution is -0.176. The van der Waals surface area contributed by atoms with E-state index in [2.05, 4.69) is 31.2 Å². The van der Waals surface area contributed by atoms with Crippen LogP contribution in [0.25, 0.3) is 0 Å². The van der Waals surface area contributed by atoms with Gasteiger partial charge in [-0.15, -0.1) is 0 Å². The largest absolute Gasteiger partial charge is 0.426 e. The fourth-order valence-corrected chi connectivity index (χ4v) is 1.97. The highest BCUT2D eigenvalue weighted by molar-refractivity contribution is 5.84. The second-order valence-electron chi connectivity index (χ2n) is 5.18. The Balaban J connectivity index is 2.05. The number of carbonyl (C=O) groups excluding carboxylic acids is 1. The molecule has 1 N–H and O–H groups in total. The Morgan fingerprint density at radius 1 is 1.10 bits per heavy atom. The summed E-state index contributed by atoms with van der Waals surface area (Å²) in [5, 5.41) is 9.81. The Morgan fingerprint density at radius 3 is 2.38 bits per heavy atom. The average Bonchev–Trinajstić information content (AvgIpc) is 2.80. The summed E-state index contributed by atoms with van der Waals surface area (Å²) in [5.74, 6) is -1.94. The molecule has 116 valence electrons. The SMILES string of the molecule is CCCCCC=CCC=CCC=CC[C@@]1(O)C=CC(=O)O1. The number of hydrogen-bond acceptors (Lipinski definition) is 3. The van der Waals surface area contributed by atoms with E-state index >= 15 is 0 Å². The molecule has 0 bridgehead atoms. The number of esters is 1. The van der Waals surface area contributed by atoms with Gasteiger partial charge < -0.3 is 9.84 Å². The minimum Gasteiger partial charge on any atom is -0.426 e. The maximum Gasteiger partial charge on any atom is 0.333 e. The van der Waals surface area contributed by atoms with Gasteiger partial charge in [0.05, 0.1) is 0 Å². The zero-order valence-corrected chi connectivity index (χ0v) is 12.8. The highest BCUT2D eigenvalue weighted by Gasteiger charge is 2.31. The van der Waals surface area contributed by atoms with Gasteiger partial charge in [-0.1, -0.05) is 56.2 Å². The van der Waals surface area contributed by atoms with E-state index in [4.69, 9.17) is 4.74 Å². The molecule has 1 heterocycles. The Hall–Kier alpha value is -1.61. The van der Waals surface area contributed by atoms with Crippen LogP contribution in [0.1, 0.15) is 51.9 Å². The molecule has 1 aliphatic rings. The van der Waals surface area contributed by atoms with E-state index in [1.165, 1.54) is 37.8 Å². The third kappa shape index (κ3) is 8.30. The lowest BCUT2D eigenvalue weighted by Gasteiger charge is -2.17. The van der Waals surface area contributed by atoms with Crippen molar-refractivity contribution in [1.82, 2.24) is 0 Å². The molecule has 0 aromatic rings. The number of rotatable bonds is 10. The summed E-state index contributed by atoms with van der Waals surface area (Å²) in [7, 11) is 0. The Morgan fingerprint density at radius 2 is 1.76 bits per heavy atom. The molecule has 3 heteroatoms. The fraction of sp³-hybridized carbons (Fsp3) is 0.500. The fourth-order valence-electron chi connectivity index (χ4n) is 1.97. The first-order chi connectivity index (χ1) is 10.2. The Bertz CT molecular complexity index is 418. The molecule has 0 spiro atoms. The van der Waals surface area contributed by atoms with E-state index in [0.717, 1.165) is 12.8 Å². The van der Waals surface area contributed by atoms with E-state index in [1.54, 1.807) is 0 Å². The van der Waals surface area contributed by atoms with Gasteiger partial charge in [0.1, 0.15) is 0 Å². The first-order valence-electron chi connectivity index (χ1n) is 7.76. The topological polar surface area (TPSA) is 46.5 Å². The number of cyclic esters (lactones) is 1. The molecule has 1 atom stereocenters. The third-order valence-corrected chi connectivity index (χ3v) is 3.19. The molecular weight excluding hydrogens is 264 g/mol. The quantitative estimate of drug-likeness (QED) is 0.372. The zero-order chi connectivity index (χ0) is 15.4. The second kappa shape index (κ2) is 10.2. The second-order valence-corrected chi connectivity index (χ2v) is 5.18. The van der Waals surface area contributed by atoms with Crippen molar-refractivity contribution in [2.24, 2.45) is 0 Å². The lowest BCUT2D eigenvalue weighted by atomic mass is 10.1. The van der Waals surface area contributed by atoms with Gasteiger partial charge in [0.25, 0.3) is 0 Å². The van der Waals surface area contributed by atoms with Crippen LogP contribution in [-0.2, 0) is 9.53 Å². The molecule has 0 radical (unpaired) electrons. The van der Waals surface area contributed by atoms with Crippen LogP contribution in [0.4, 0.5) is 0 Å². The van der Waals surface area contributed by atoms with Crippen LogP contribution in [-0.4, -0.2) is 16.9 Å². The van der Waals surface area contributed by atoms with Crippen molar-refractivity contribution in [3.05, 3.63) is 48.6 Å². The van der Waals surface area contributed by atoms with Crippen molar-refractivity contribution < 1.29 is 14.6 Å². The molecule has 0 unspecified atom stereocenters. The van der Waals surface area contributed by atoms with Gasteiger partial charge in [0, 0.05) is 12.5 Å². The van der Waals surface area contributed by atoms with Gasteiger partial charge in [-0.2, -0.15) is 0 Å². The van der Waals surface area contributed by atoms with Gasteiger partial charge in [-0.3, -0.25) is 0 Å². The summed E-state index contributed by atoms with van der Waals surface area (Å²) >= 11 is 0. The average molecular weight is 290 g/mol. The summed E-state index contributed by atoms with van der Waals surface area (Å²) in [6, 6.07) is 0. The molecule has 0 aliphatic carbocycles. The van der Waals surface area contributed by atoms with Crippen molar-refractivity contribution in [1.29, 1.82) is 0 Å². The molecule has 0 amide bonds. The van der Waals surface area contributed by atoms with Gasteiger partial charge in [0.15, 0.2) is 0 Å². The van der Waals surface area contributed by atoms with Crippen molar-refractivity contribution >= 4 is 5.97 Å². The van der Waals surface area contributed by atoms with Crippen LogP contribution in [0.15, 0.2) is 48.6 Å². The normalized spacial score (nSPS) is 22.1. The summed E-state index contributed by atoms with van der Waals surface area (Å²) in [5.41, 5.74) is 0. The number of hydrogen-bond donors (Lipinski definition) is 1. The van der Waals surface area contributed by atoms with Crippen LogP contribution in [0, 0.1) is 0 Å². The molecule has 0 aromatic heterocycles. The molecule has 0 fully saturated rings. The molecule has 21 heavy (non-hydrogen) atoms. The van der Waals surface area contributed by atoms with Crippen LogP contribution >= 0.6 is 0 Å². The first kappa shape index (κ1) is 17.4. The predicted octanol–water partition coefficient (Wildman–Crippen LogP) is 4.21. The van der Waals surface area contributed by atoms with Gasteiger partial charge >= 0.3 is 5.97 Å². The van der Waals surface area contributed by atoms with E-state index in [1.807, 2.05) is 12.2 Å². The number of allylic oxidation sites excluding steroid dienone is 5. The van der Waals surface area contributed by atoms with Crippen LogP contribution in [0.2, 0.25) is 0 Å². The number of unbranched alkanes of at least 4 members (excludes halogenated alkanes) is 3. The summed E-state index contributed by atoms with van der Waals surface area (Å²) in [6.07, 6.45) is 22.2. The van der Waals surface area contributed by atoms with Gasteiger partial charge in [-0.25, -0.2) is 4.79 Å². The minimum atomic E-state index is -1.45. The van der Waals surface area contributed by atoms with Crippen molar-refractivity contribution in [3.8, 4) is 0 Å². The summed E-state index contributed by atoms with van der Waals surface area (Å²) in [6.45, 7) is 2.21. The minimum absolute atomic E-state index is 0.292.